The van der Waals surface area contributed by atoms with E-state index in [0.29, 0.717) is 5.41 Å². The summed E-state index contributed by atoms with van der Waals surface area (Å²) >= 11 is 0. The standard InChI is InChI=1S/C14H23N3/c1-10-7-12(15)8-16-13(10)17-6-5-11(9-17)14(2,3)4/h7-8,11H,5-6,9,15H2,1-4H3. The predicted octanol–water partition coefficient (Wildman–Crippen LogP) is 2.84. The molecule has 0 aliphatic carbocycles. The molecule has 1 unspecified atom stereocenters. The minimum absolute atomic E-state index is 0.385. The average molecular weight is 233 g/mol. The van der Waals surface area contributed by atoms with Crippen LogP contribution in [0.15, 0.2) is 12.3 Å². The number of anilines is 2. The third kappa shape index (κ3) is 2.54. The van der Waals surface area contributed by atoms with E-state index in [-0.39, 0.29) is 0 Å². The molecule has 3 heteroatoms. The highest BCUT2D eigenvalue weighted by Gasteiger charge is 2.32. The van der Waals surface area contributed by atoms with Crippen molar-refractivity contribution >= 4 is 11.5 Å². The second-order valence-corrected chi connectivity index (χ2v) is 6.21. The van der Waals surface area contributed by atoms with Gasteiger partial charge in [-0.05, 0) is 36.3 Å². The van der Waals surface area contributed by atoms with Gasteiger partial charge in [-0.25, -0.2) is 4.98 Å². The van der Waals surface area contributed by atoms with Crippen LogP contribution in [0.25, 0.3) is 0 Å². The zero-order chi connectivity index (χ0) is 12.6. The summed E-state index contributed by atoms with van der Waals surface area (Å²) in [5.41, 5.74) is 8.06. The molecule has 1 fully saturated rings. The first kappa shape index (κ1) is 12.2. The van der Waals surface area contributed by atoms with Crippen molar-refractivity contribution in [3.05, 3.63) is 17.8 Å². The Hall–Kier alpha value is -1.25. The lowest BCUT2D eigenvalue weighted by molar-refractivity contribution is 0.263. The first-order valence-electron chi connectivity index (χ1n) is 6.35. The Labute approximate surface area is 104 Å². The van der Waals surface area contributed by atoms with Crippen LogP contribution in [0.5, 0.6) is 0 Å². The maximum absolute atomic E-state index is 5.74. The monoisotopic (exact) mass is 233 g/mol. The van der Waals surface area contributed by atoms with Crippen LogP contribution in [0.4, 0.5) is 11.5 Å². The van der Waals surface area contributed by atoms with Gasteiger partial charge in [-0.3, -0.25) is 0 Å². The van der Waals surface area contributed by atoms with Crippen LogP contribution < -0.4 is 10.6 Å². The fourth-order valence-electron chi connectivity index (χ4n) is 2.58. The van der Waals surface area contributed by atoms with Crippen LogP contribution >= 0.6 is 0 Å². The lowest BCUT2D eigenvalue weighted by Gasteiger charge is -2.27. The molecular weight excluding hydrogens is 210 g/mol. The average Bonchev–Trinajstić information content (AvgIpc) is 2.65. The van der Waals surface area contributed by atoms with Crippen molar-refractivity contribution in [1.82, 2.24) is 4.98 Å². The van der Waals surface area contributed by atoms with E-state index in [0.717, 1.165) is 30.5 Å². The zero-order valence-corrected chi connectivity index (χ0v) is 11.3. The van der Waals surface area contributed by atoms with Gasteiger partial charge < -0.3 is 10.6 Å². The predicted molar refractivity (Wildman–Crippen MR) is 73.2 cm³/mol. The fourth-order valence-corrected chi connectivity index (χ4v) is 2.58. The van der Waals surface area contributed by atoms with E-state index >= 15 is 0 Å². The molecule has 2 rings (SSSR count). The van der Waals surface area contributed by atoms with Gasteiger partial charge in [0.15, 0.2) is 0 Å². The number of nitrogen functional groups attached to an aromatic ring is 1. The second-order valence-electron chi connectivity index (χ2n) is 6.21. The van der Waals surface area contributed by atoms with E-state index in [1.165, 1.54) is 12.0 Å². The van der Waals surface area contributed by atoms with E-state index in [2.05, 4.69) is 37.6 Å². The van der Waals surface area contributed by atoms with Gasteiger partial charge in [0.1, 0.15) is 5.82 Å². The summed E-state index contributed by atoms with van der Waals surface area (Å²) in [6.07, 6.45) is 3.02. The highest BCUT2D eigenvalue weighted by Crippen LogP contribution is 2.35. The highest BCUT2D eigenvalue weighted by atomic mass is 15.2. The van der Waals surface area contributed by atoms with Gasteiger partial charge in [0, 0.05) is 13.1 Å². The van der Waals surface area contributed by atoms with Crippen molar-refractivity contribution in [2.24, 2.45) is 11.3 Å². The largest absolute Gasteiger partial charge is 0.397 e. The van der Waals surface area contributed by atoms with E-state index in [9.17, 15) is 0 Å². The van der Waals surface area contributed by atoms with Crippen LogP contribution in [0, 0.1) is 18.3 Å². The molecule has 3 nitrogen and oxygen atoms in total. The molecule has 1 aliphatic rings. The smallest absolute Gasteiger partial charge is 0.131 e. The molecule has 17 heavy (non-hydrogen) atoms. The molecule has 0 amide bonds. The lowest BCUT2D eigenvalue weighted by atomic mass is 9.80. The maximum Gasteiger partial charge on any atom is 0.131 e. The van der Waals surface area contributed by atoms with Crippen LogP contribution in [0.3, 0.4) is 0 Å². The maximum atomic E-state index is 5.74. The van der Waals surface area contributed by atoms with Gasteiger partial charge in [0.2, 0.25) is 0 Å². The van der Waals surface area contributed by atoms with Crippen molar-refractivity contribution in [3.8, 4) is 0 Å². The third-order valence-corrected chi connectivity index (χ3v) is 3.78. The Morgan fingerprint density at radius 2 is 2.12 bits per heavy atom. The molecule has 1 atom stereocenters. The van der Waals surface area contributed by atoms with E-state index in [1.807, 2.05) is 6.07 Å². The molecule has 1 aliphatic heterocycles. The summed E-state index contributed by atoms with van der Waals surface area (Å²) in [6.45, 7) is 11.3. The van der Waals surface area contributed by atoms with Crippen molar-refractivity contribution in [3.63, 3.8) is 0 Å². The molecule has 2 heterocycles. The molecule has 0 radical (unpaired) electrons. The van der Waals surface area contributed by atoms with Crippen LogP contribution in [-0.4, -0.2) is 18.1 Å². The molecule has 1 aromatic rings. The lowest BCUT2D eigenvalue weighted by Crippen LogP contribution is -2.26. The Morgan fingerprint density at radius 1 is 1.41 bits per heavy atom. The molecule has 0 aromatic carbocycles. The molecule has 0 saturated carbocycles. The summed E-state index contributed by atoms with van der Waals surface area (Å²) in [5.74, 6) is 1.85. The van der Waals surface area contributed by atoms with Gasteiger partial charge in [0.25, 0.3) is 0 Å². The number of aromatic nitrogens is 1. The summed E-state index contributed by atoms with van der Waals surface area (Å²) in [4.78, 5) is 6.87. The number of pyridine rings is 1. The minimum atomic E-state index is 0.385. The molecule has 0 bridgehead atoms. The van der Waals surface area contributed by atoms with E-state index < -0.39 is 0 Å². The third-order valence-electron chi connectivity index (χ3n) is 3.78. The van der Waals surface area contributed by atoms with Gasteiger partial charge >= 0.3 is 0 Å². The summed E-state index contributed by atoms with van der Waals surface area (Å²) in [6, 6.07) is 2.01. The molecule has 2 N–H and O–H groups in total. The summed E-state index contributed by atoms with van der Waals surface area (Å²) < 4.78 is 0. The fraction of sp³-hybridized carbons (Fsp3) is 0.643. The van der Waals surface area contributed by atoms with Gasteiger partial charge in [-0.2, -0.15) is 0 Å². The normalized spacial score (nSPS) is 20.9. The molecule has 0 spiro atoms. The van der Waals surface area contributed by atoms with Crippen molar-refractivity contribution in [2.75, 3.05) is 23.7 Å². The Balaban J connectivity index is 2.15. The first-order chi connectivity index (χ1) is 7.88. The number of nitrogens with zero attached hydrogens (tertiary/aromatic N) is 2. The van der Waals surface area contributed by atoms with Crippen LogP contribution in [0.2, 0.25) is 0 Å². The number of hydrogen-bond acceptors (Lipinski definition) is 3. The quantitative estimate of drug-likeness (QED) is 0.811. The number of rotatable bonds is 1. The molecule has 94 valence electrons. The Kier molecular flexibility index (Phi) is 3.02. The highest BCUT2D eigenvalue weighted by molar-refractivity contribution is 5.53. The summed E-state index contributed by atoms with van der Waals surface area (Å²) in [5, 5.41) is 0. The van der Waals surface area contributed by atoms with Crippen molar-refractivity contribution in [1.29, 1.82) is 0 Å². The van der Waals surface area contributed by atoms with E-state index in [4.69, 9.17) is 5.73 Å². The Bertz CT molecular complexity index is 406. The zero-order valence-electron chi connectivity index (χ0n) is 11.3. The number of aryl methyl sites for hydroxylation is 1. The molecule has 1 aromatic heterocycles. The van der Waals surface area contributed by atoms with Gasteiger partial charge in [-0.1, -0.05) is 20.8 Å². The Morgan fingerprint density at radius 3 is 2.65 bits per heavy atom. The van der Waals surface area contributed by atoms with Crippen LogP contribution in [-0.2, 0) is 0 Å². The van der Waals surface area contributed by atoms with Crippen LogP contribution in [0.1, 0.15) is 32.8 Å². The molecular formula is C14H23N3. The molecule has 1 saturated heterocycles. The first-order valence-corrected chi connectivity index (χ1v) is 6.35. The summed E-state index contributed by atoms with van der Waals surface area (Å²) in [7, 11) is 0. The minimum Gasteiger partial charge on any atom is -0.397 e. The van der Waals surface area contributed by atoms with Gasteiger partial charge in [0.05, 0.1) is 11.9 Å². The SMILES string of the molecule is Cc1cc(N)cnc1N1CCC(C(C)(C)C)C1. The van der Waals surface area contributed by atoms with Crippen molar-refractivity contribution < 1.29 is 0 Å². The van der Waals surface area contributed by atoms with E-state index in [1.54, 1.807) is 6.20 Å². The number of nitrogens with two attached hydrogens (primary N) is 1. The second kappa shape index (κ2) is 4.21. The number of hydrogen-bond donors (Lipinski definition) is 1. The topological polar surface area (TPSA) is 42.1 Å². The van der Waals surface area contributed by atoms with Gasteiger partial charge in [-0.15, -0.1) is 0 Å². The van der Waals surface area contributed by atoms with Crippen molar-refractivity contribution in [2.45, 2.75) is 34.1 Å².